The van der Waals surface area contributed by atoms with Crippen LogP contribution in [0.1, 0.15) is 35.1 Å². The van der Waals surface area contributed by atoms with Gasteiger partial charge in [-0.2, -0.15) is 20.2 Å². The molecular formula is C20H21N7S. The van der Waals surface area contributed by atoms with E-state index in [1.165, 1.54) is 11.8 Å². The van der Waals surface area contributed by atoms with Crippen molar-refractivity contribution in [1.82, 2.24) is 19.9 Å². The second-order valence-corrected chi connectivity index (χ2v) is 7.19. The van der Waals surface area contributed by atoms with Gasteiger partial charge >= 0.3 is 0 Å². The summed E-state index contributed by atoms with van der Waals surface area (Å²) >= 11 is 1.41. The quantitative estimate of drug-likeness (QED) is 0.608. The van der Waals surface area contributed by atoms with E-state index >= 15 is 0 Å². The van der Waals surface area contributed by atoms with E-state index in [0.717, 1.165) is 28.9 Å². The van der Waals surface area contributed by atoms with Crippen LogP contribution in [0.4, 0.5) is 17.6 Å². The average molecular weight is 392 g/mol. The predicted octanol–water partition coefficient (Wildman–Crippen LogP) is 3.94. The Morgan fingerprint density at radius 2 is 1.93 bits per heavy atom. The molecule has 142 valence electrons. The van der Waals surface area contributed by atoms with Crippen molar-refractivity contribution >= 4 is 29.3 Å². The molecule has 7 nitrogen and oxygen atoms in total. The number of nitrogen functional groups attached to an aromatic ring is 1. The van der Waals surface area contributed by atoms with E-state index in [1.54, 1.807) is 0 Å². The molecule has 28 heavy (non-hydrogen) atoms. The lowest BCUT2D eigenvalue weighted by atomic mass is 10.1. The first-order valence-electron chi connectivity index (χ1n) is 8.86. The Morgan fingerprint density at radius 1 is 1.14 bits per heavy atom. The van der Waals surface area contributed by atoms with Crippen LogP contribution in [0.5, 0.6) is 0 Å². The van der Waals surface area contributed by atoms with Gasteiger partial charge < -0.3 is 11.1 Å². The van der Waals surface area contributed by atoms with Crippen molar-refractivity contribution in [2.24, 2.45) is 0 Å². The van der Waals surface area contributed by atoms with Crippen LogP contribution in [0, 0.1) is 25.2 Å². The van der Waals surface area contributed by atoms with Crippen LogP contribution in [-0.4, -0.2) is 19.9 Å². The Balaban J connectivity index is 1.82. The van der Waals surface area contributed by atoms with Crippen LogP contribution in [0.25, 0.3) is 0 Å². The summed E-state index contributed by atoms with van der Waals surface area (Å²) in [4.78, 5) is 17.4. The summed E-state index contributed by atoms with van der Waals surface area (Å²) in [6.07, 6.45) is 0.891. The number of nitriles is 1. The lowest BCUT2D eigenvalue weighted by Crippen LogP contribution is -2.07. The van der Waals surface area contributed by atoms with Crippen LogP contribution >= 0.6 is 11.8 Å². The largest absolute Gasteiger partial charge is 0.368 e. The molecule has 3 aromatic rings. The topological polar surface area (TPSA) is 113 Å². The maximum atomic E-state index is 9.41. The summed E-state index contributed by atoms with van der Waals surface area (Å²) in [7, 11) is 0. The molecule has 1 aromatic carbocycles. The minimum atomic E-state index is 0.149. The Morgan fingerprint density at radius 3 is 2.68 bits per heavy atom. The molecule has 3 rings (SSSR count). The van der Waals surface area contributed by atoms with Crippen LogP contribution in [-0.2, 0) is 12.2 Å². The fraction of sp³-hybridized carbons (Fsp3) is 0.250. The number of benzene rings is 1. The second kappa shape index (κ2) is 8.67. The van der Waals surface area contributed by atoms with Gasteiger partial charge in [0, 0.05) is 11.4 Å². The normalized spacial score (nSPS) is 10.5. The van der Waals surface area contributed by atoms with Crippen LogP contribution in [0.3, 0.4) is 0 Å². The van der Waals surface area contributed by atoms with Crippen molar-refractivity contribution in [3.8, 4) is 6.07 Å². The van der Waals surface area contributed by atoms with Gasteiger partial charge in [0.15, 0.2) is 0 Å². The molecule has 2 heterocycles. The molecule has 8 heteroatoms. The molecule has 0 aliphatic heterocycles. The molecule has 0 aliphatic carbocycles. The first kappa shape index (κ1) is 19.6. The highest BCUT2D eigenvalue weighted by Gasteiger charge is 2.12. The van der Waals surface area contributed by atoms with E-state index in [0.29, 0.717) is 28.1 Å². The van der Waals surface area contributed by atoms with E-state index in [-0.39, 0.29) is 5.95 Å². The summed E-state index contributed by atoms with van der Waals surface area (Å²) in [5.41, 5.74) is 10.3. The number of nitrogens with two attached hydrogens (primary N) is 1. The third-order valence-corrected chi connectivity index (χ3v) is 5.08. The molecule has 0 radical (unpaired) electrons. The van der Waals surface area contributed by atoms with Crippen molar-refractivity contribution in [3.63, 3.8) is 0 Å². The highest BCUT2D eigenvalue weighted by atomic mass is 32.2. The van der Waals surface area contributed by atoms with E-state index < -0.39 is 0 Å². The van der Waals surface area contributed by atoms with Gasteiger partial charge in [0.2, 0.25) is 11.9 Å². The molecule has 0 saturated carbocycles. The SMILES string of the molecule is CCc1ccccc1Nc1nc(N)nc(CSc2nc(C)cc(C)c2C#N)n1. The average Bonchev–Trinajstić information content (AvgIpc) is 2.66. The molecule has 0 atom stereocenters. The van der Waals surface area contributed by atoms with E-state index in [1.807, 2.05) is 38.1 Å². The Bertz CT molecular complexity index is 1040. The van der Waals surface area contributed by atoms with Crippen LogP contribution in [0.2, 0.25) is 0 Å². The van der Waals surface area contributed by atoms with Crippen molar-refractivity contribution in [2.45, 2.75) is 38.0 Å². The number of anilines is 3. The number of aromatic nitrogens is 4. The van der Waals surface area contributed by atoms with E-state index in [2.05, 4.69) is 44.3 Å². The number of aryl methyl sites for hydroxylation is 3. The van der Waals surface area contributed by atoms with Crippen molar-refractivity contribution in [3.05, 3.63) is 58.5 Å². The van der Waals surface area contributed by atoms with Gasteiger partial charge in [-0.05, 0) is 43.5 Å². The van der Waals surface area contributed by atoms with Crippen molar-refractivity contribution in [2.75, 3.05) is 11.1 Å². The summed E-state index contributed by atoms with van der Waals surface area (Å²) in [5, 5.41) is 13.3. The number of nitrogens with zero attached hydrogens (tertiary/aromatic N) is 5. The summed E-state index contributed by atoms with van der Waals surface area (Å²) in [6.45, 7) is 5.91. The molecule has 0 spiro atoms. The smallest absolute Gasteiger partial charge is 0.232 e. The summed E-state index contributed by atoms with van der Waals surface area (Å²) in [6, 6.07) is 12.1. The molecule has 0 bridgehead atoms. The second-order valence-electron chi connectivity index (χ2n) is 6.23. The molecule has 0 fully saturated rings. The first-order chi connectivity index (χ1) is 13.5. The predicted molar refractivity (Wildman–Crippen MR) is 111 cm³/mol. The minimum absolute atomic E-state index is 0.149. The number of rotatable bonds is 6. The third kappa shape index (κ3) is 4.56. The Hall–Kier alpha value is -3.18. The molecule has 0 saturated heterocycles. The third-order valence-electron chi connectivity index (χ3n) is 4.11. The minimum Gasteiger partial charge on any atom is -0.368 e. The zero-order valence-corrected chi connectivity index (χ0v) is 16.8. The molecule has 0 amide bonds. The maximum Gasteiger partial charge on any atom is 0.232 e. The zero-order chi connectivity index (χ0) is 20.1. The van der Waals surface area contributed by atoms with Gasteiger partial charge in [0.05, 0.1) is 11.3 Å². The fourth-order valence-electron chi connectivity index (χ4n) is 2.81. The van der Waals surface area contributed by atoms with Gasteiger partial charge in [-0.1, -0.05) is 36.9 Å². The Labute approximate surface area is 168 Å². The summed E-state index contributed by atoms with van der Waals surface area (Å²) < 4.78 is 0. The number of para-hydroxylation sites is 1. The maximum absolute atomic E-state index is 9.41. The lowest BCUT2D eigenvalue weighted by Gasteiger charge is -2.11. The van der Waals surface area contributed by atoms with Gasteiger partial charge in [-0.15, -0.1) is 0 Å². The highest BCUT2D eigenvalue weighted by Crippen LogP contribution is 2.26. The standard InChI is InChI=1S/C20H21N7S/c1-4-14-7-5-6-8-16(14)24-20-26-17(25-19(22)27-20)11-28-18-15(10-21)12(2)9-13(3)23-18/h5-9H,4,11H2,1-3H3,(H3,22,24,25,26,27). The molecule has 3 N–H and O–H groups in total. The molecule has 0 aliphatic rings. The fourth-order valence-corrected chi connectivity index (χ4v) is 3.76. The van der Waals surface area contributed by atoms with Gasteiger partial charge in [-0.3, -0.25) is 0 Å². The van der Waals surface area contributed by atoms with Crippen LogP contribution < -0.4 is 11.1 Å². The number of thioether (sulfide) groups is 1. The monoisotopic (exact) mass is 391 g/mol. The lowest BCUT2D eigenvalue weighted by molar-refractivity contribution is 0.973. The number of nitrogens with one attached hydrogen (secondary N) is 1. The highest BCUT2D eigenvalue weighted by molar-refractivity contribution is 7.98. The van der Waals surface area contributed by atoms with Crippen LogP contribution in [0.15, 0.2) is 35.4 Å². The molecular weight excluding hydrogens is 370 g/mol. The molecule has 2 aromatic heterocycles. The Kier molecular flexibility index (Phi) is 6.06. The van der Waals surface area contributed by atoms with Crippen molar-refractivity contribution < 1.29 is 0 Å². The number of hydrogen-bond donors (Lipinski definition) is 2. The van der Waals surface area contributed by atoms with E-state index in [4.69, 9.17) is 5.73 Å². The molecule has 0 unspecified atom stereocenters. The van der Waals surface area contributed by atoms with E-state index in [9.17, 15) is 5.26 Å². The first-order valence-corrected chi connectivity index (χ1v) is 9.85. The van der Waals surface area contributed by atoms with Gasteiger partial charge in [-0.25, -0.2) is 4.98 Å². The number of hydrogen-bond acceptors (Lipinski definition) is 8. The number of pyridine rings is 1. The summed E-state index contributed by atoms with van der Waals surface area (Å²) in [5.74, 6) is 1.51. The van der Waals surface area contributed by atoms with Crippen molar-refractivity contribution in [1.29, 1.82) is 5.26 Å². The zero-order valence-electron chi connectivity index (χ0n) is 16.0. The van der Waals surface area contributed by atoms with Gasteiger partial charge in [0.25, 0.3) is 0 Å². The van der Waals surface area contributed by atoms with Gasteiger partial charge in [0.1, 0.15) is 16.9 Å².